The predicted molar refractivity (Wildman–Crippen MR) is 79.9 cm³/mol. The molecule has 0 heterocycles. The standard InChI is InChI=1S/C12H32N4Si/c1-13(2)9-15(5)11-17(7,8)12-16(6)10-14(3)4/h9-12H2,1-8H3. The molecule has 0 saturated heterocycles. The molecule has 0 fully saturated rings. The van der Waals surface area contributed by atoms with Gasteiger partial charge >= 0.3 is 0 Å². The van der Waals surface area contributed by atoms with Crippen LogP contribution in [0.1, 0.15) is 0 Å². The molecule has 0 radical (unpaired) electrons. The van der Waals surface area contributed by atoms with Crippen LogP contribution in [0.15, 0.2) is 0 Å². The lowest BCUT2D eigenvalue weighted by atomic mass is 10.8. The smallest absolute Gasteiger partial charge is 0.0780 e. The molecule has 0 bridgehead atoms. The van der Waals surface area contributed by atoms with Gasteiger partial charge in [0.25, 0.3) is 0 Å². The fourth-order valence-corrected chi connectivity index (χ4v) is 5.80. The van der Waals surface area contributed by atoms with Crippen molar-refractivity contribution in [2.45, 2.75) is 13.1 Å². The lowest BCUT2D eigenvalue weighted by Crippen LogP contribution is -2.52. The summed E-state index contributed by atoms with van der Waals surface area (Å²) in [6.07, 6.45) is 2.51. The van der Waals surface area contributed by atoms with Gasteiger partial charge in [-0.2, -0.15) is 0 Å². The zero-order valence-corrected chi connectivity index (χ0v) is 14.1. The summed E-state index contributed by atoms with van der Waals surface area (Å²) in [5.74, 6) is 0. The van der Waals surface area contributed by atoms with Crippen LogP contribution in [-0.4, -0.2) is 95.6 Å². The Morgan fingerprint density at radius 3 is 1.18 bits per heavy atom. The van der Waals surface area contributed by atoms with Gasteiger partial charge in [-0.05, 0) is 54.6 Å². The first kappa shape index (κ1) is 17.1. The van der Waals surface area contributed by atoms with Crippen molar-refractivity contribution in [2.75, 3.05) is 68.0 Å². The fraction of sp³-hybridized carbons (Fsp3) is 1.00. The molecule has 0 aromatic rings. The van der Waals surface area contributed by atoms with Gasteiger partial charge in [-0.25, -0.2) is 0 Å². The summed E-state index contributed by atoms with van der Waals surface area (Å²) in [5.41, 5.74) is 0. The number of hydrogen-bond acceptors (Lipinski definition) is 4. The third kappa shape index (κ3) is 9.73. The number of nitrogens with zero attached hydrogens (tertiary/aromatic N) is 4. The minimum atomic E-state index is -1.16. The van der Waals surface area contributed by atoms with Gasteiger partial charge in [0.05, 0.1) is 8.07 Å². The van der Waals surface area contributed by atoms with Crippen LogP contribution >= 0.6 is 0 Å². The number of rotatable bonds is 8. The first-order valence-electron chi connectivity index (χ1n) is 6.29. The van der Waals surface area contributed by atoms with Gasteiger partial charge in [0.2, 0.25) is 0 Å². The van der Waals surface area contributed by atoms with Gasteiger partial charge in [0.15, 0.2) is 0 Å². The van der Waals surface area contributed by atoms with Crippen molar-refractivity contribution in [1.29, 1.82) is 0 Å². The molecule has 4 nitrogen and oxygen atoms in total. The highest BCUT2D eigenvalue weighted by Gasteiger charge is 2.24. The largest absolute Gasteiger partial charge is 0.297 e. The summed E-state index contributed by atoms with van der Waals surface area (Å²) in [5, 5.41) is 0. The average Bonchev–Trinajstić information content (AvgIpc) is 1.95. The normalized spacial score (nSPS) is 13.4. The van der Waals surface area contributed by atoms with Crippen molar-refractivity contribution in [3.05, 3.63) is 0 Å². The highest BCUT2D eigenvalue weighted by atomic mass is 28.3. The Hall–Kier alpha value is 0.0569. The molecule has 5 heteroatoms. The summed E-state index contributed by atoms with van der Waals surface area (Å²) in [4.78, 5) is 9.34. The Labute approximate surface area is 109 Å². The zero-order chi connectivity index (χ0) is 13.6. The minimum Gasteiger partial charge on any atom is -0.297 e. The Morgan fingerprint density at radius 1 is 0.647 bits per heavy atom. The van der Waals surface area contributed by atoms with Gasteiger partial charge in [-0.15, -0.1) is 0 Å². The fourth-order valence-electron chi connectivity index (χ4n) is 2.58. The topological polar surface area (TPSA) is 13.0 Å². The van der Waals surface area contributed by atoms with Crippen LogP contribution in [0, 0.1) is 0 Å². The summed E-state index contributed by atoms with van der Waals surface area (Å²) in [6, 6.07) is 0. The molecule has 0 rings (SSSR count). The molecular weight excluding hydrogens is 228 g/mol. The average molecular weight is 261 g/mol. The van der Waals surface area contributed by atoms with Crippen LogP contribution < -0.4 is 0 Å². The van der Waals surface area contributed by atoms with Crippen molar-refractivity contribution in [3.8, 4) is 0 Å². The van der Waals surface area contributed by atoms with Gasteiger partial charge in [0.1, 0.15) is 0 Å². The molecule has 0 aliphatic rings. The second kappa shape index (κ2) is 7.48. The highest BCUT2D eigenvalue weighted by molar-refractivity contribution is 6.77. The second-order valence-corrected chi connectivity index (χ2v) is 11.6. The van der Waals surface area contributed by atoms with E-state index in [1.54, 1.807) is 0 Å². The maximum absolute atomic E-state index is 2.48. The Balaban J connectivity index is 4.09. The lowest BCUT2D eigenvalue weighted by molar-refractivity contribution is 0.220. The molecule has 0 saturated carbocycles. The molecule has 104 valence electrons. The van der Waals surface area contributed by atoms with Gasteiger partial charge < -0.3 is 0 Å². The van der Waals surface area contributed by atoms with E-state index >= 15 is 0 Å². The summed E-state index contributed by atoms with van der Waals surface area (Å²) in [7, 11) is 11.8. The van der Waals surface area contributed by atoms with Crippen LogP contribution in [0.4, 0.5) is 0 Å². The van der Waals surface area contributed by atoms with E-state index in [9.17, 15) is 0 Å². The van der Waals surface area contributed by atoms with E-state index in [1.165, 1.54) is 12.3 Å². The van der Waals surface area contributed by atoms with E-state index in [-0.39, 0.29) is 0 Å². The van der Waals surface area contributed by atoms with E-state index in [1.807, 2.05) is 0 Å². The van der Waals surface area contributed by atoms with E-state index in [0.29, 0.717) is 0 Å². The van der Waals surface area contributed by atoms with Crippen LogP contribution in [0.5, 0.6) is 0 Å². The lowest BCUT2D eigenvalue weighted by Gasteiger charge is -2.34. The molecule has 0 aromatic heterocycles. The van der Waals surface area contributed by atoms with E-state index in [0.717, 1.165) is 13.3 Å². The van der Waals surface area contributed by atoms with Crippen molar-refractivity contribution in [3.63, 3.8) is 0 Å². The van der Waals surface area contributed by atoms with Crippen molar-refractivity contribution in [1.82, 2.24) is 19.6 Å². The molecule has 17 heavy (non-hydrogen) atoms. The molecule has 0 aliphatic heterocycles. The highest BCUT2D eigenvalue weighted by Crippen LogP contribution is 2.06. The van der Waals surface area contributed by atoms with Crippen LogP contribution in [0.25, 0.3) is 0 Å². The molecule has 0 aliphatic carbocycles. The maximum atomic E-state index is 2.48. The Morgan fingerprint density at radius 2 is 0.941 bits per heavy atom. The van der Waals surface area contributed by atoms with Crippen molar-refractivity contribution in [2.24, 2.45) is 0 Å². The minimum absolute atomic E-state index is 1.05. The molecule has 0 aromatic carbocycles. The van der Waals surface area contributed by atoms with Crippen LogP contribution in [0.3, 0.4) is 0 Å². The molecule has 0 atom stereocenters. The first-order chi connectivity index (χ1) is 7.62. The third-order valence-electron chi connectivity index (χ3n) is 2.44. The predicted octanol–water partition coefficient (Wildman–Crippen LogP) is 0.675. The Kier molecular flexibility index (Phi) is 7.51. The van der Waals surface area contributed by atoms with Crippen molar-refractivity contribution < 1.29 is 0 Å². The Bertz CT molecular complexity index is 187. The zero-order valence-electron chi connectivity index (χ0n) is 13.1. The molecule has 0 amide bonds. The second-order valence-electron chi connectivity index (χ2n) is 6.63. The van der Waals surface area contributed by atoms with Gasteiger partial charge in [-0.1, -0.05) is 13.1 Å². The molecule has 0 unspecified atom stereocenters. The van der Waals surface area contributed by atoms with Crippen molar-refractivity contribution >= 4 is 8.07 Å². The maximum Gasteiger partial charge on any atom is 0.0780 e. The molecule has 0 N–H and O–H groups in total. The van der Waals surface area contributed by atoms with Crippen LogP contribution in [-0.2, 0) is 0 Å². The van der Waals surface area contributed by atoms with E-state index in [2.05, 4.69) is 75.0 Å². The monoisotopic (exact) mass is 260 g/mol. The van der Waals surface area contributed by atoms with E-state index < -0.39 is 8.07 Å². The summed E-state index contributed by atoms with van der Waals surface area (Å²) >= 11 is 0. The summed E-state index contributed by atoms with van der Waals surface area (Å²) < 4.78 is 0. The quantitative estimate of drug-likeness (QED) is 0.470. The first-order valence-corrected chi connectivity index (χ1v) is 9.70. The third-order valence-corrected chi connectivity index (χ3v) is 5.24. The van der Waals surface area contributed by atoms with Gasteiger partial charge in [-0.3, -0.25) is 19.6 Å². The molecule has 0 spiro atoms. The van der Waals surface area contributed by atoms with Crippen LogP contribution in [0.2, 0.25) is 13.1 Å². The summed E-state index contributed by atoms with van der Waals surface area (Å²) in [6.45, 7) is 7.05. The number of hydrogen-bond donors (Lipinski definition) is 0. The van der Waals surface area contributed by atoms with Gasteiger partial charge in [0, 0.05) is 13.3 Å². The SMILES string of the molecule is CN(C)CN(C)C[Si](C)(C)CN(C)CN(C)C. The van der Waals surface area contributed by atoms with E-state index in [4.69, 9.17) is 0 Å². The molecular formula is C12H32N4Si.